The summed E-state index contributed by atoms with van der Waals surface area (Å²) in [6, 6.07) is 18.7. The van der Waals surface area contributed by atoms with Crippen molar-refractivity contribution in [3.8, 4) is 5.88 Å². The highest BCUT2D eigenvalue weighted by Crippen LogP contribution is 2.42. The maximum Gasteiger partial charge on any atom is 0.407 e. The second-order valence-corrected chi connectivity index (χ2v) is 11.4. The van der Waals surface area contributed by atoms with Crippen LogP contribution in [0.3, 0.4) is 0 Å². The first kappa shape index (κ1) is 29.8. The summed E-state index contributed by atoms with van der Waals surface area (Å²) in [4.78, 5) is 33.6. The van der Waals surface area contributed by atoms with Gasteiger partial charge in [-0.2, -0.15) is 0 Å². The number of nitrogens with zero attached hydrogens (tertiary/aromatic N) is 3. The number of amides is 2. The highest BCUT2D eigenvalue weighted by atomic mass is 35.5. The van der Waals surface area contributed by atoms with E-state index in [0.29, 0.717) is 36.1 Å². The van der Waals surface area contributed by atoms with Crippen molar-refractivity contribution in [3.63, 3.8) is 0 Å². The maximum absolute atomic E-state index is 14.3. The second kappa shape index (κ2) is 13.1. The zero-order valence-corrected chi connectivity index (χ0v) is 24.4. The minimum Gasteiger partial charge on any atom is -0.473 e. The summed E-state index contributed by atoms with van der Waals surface area (Å²) in [5, 5.41) is 22.6. The number of ether oxygens (including phenoxy) is 2. The smallest absolute Gasteiger partial charge is 0.407 e. The van der Waals surface area contributed by atoms with Crippen LogP contribution in [0.25, 0.3) is 0 Å². The van der Waals surface area contributed by atoms with Gasteiger partial charge in [0.25, 0.3) is 0 Å². The lowest BCUT2D eigenvalue weighted by Crippen LogP contribution is -2.57. The Morgan fingerprint density at radius 1 is 1.12 bits per heavy atom. The van der Waals surface area contributed by atoms with E-state index in [-0.39, 0.29) is 38.0 Å². The summed E-state index contributed by atoms with van der Waals surface area (Å²) in [6.07, 6.45) is 2.88. The average Bonchev–Trinajstić information content (AvgIpc) is 3.85. The predicted molar refractivity (Wildman–Crippen MR) is 157 cm³/mol. The van der Waals surface area contributed by atoms with Crippen molar-refractivity contribution in [1.29, 1.82) is 0 Å². The Morgan fingerprint density at radius 3 is 2.62 bits per heavy atom. The van der Waals surface area contributed by atoms with E-state index in [0.717, 1.165) is 29.5 Å². The van der Waals surface area contributed by atoms with Gasteiger partial charge in [0.15, 0.2) is 0 Å². The molecule has 2 amide bonds. The molecule has 1 aromatic heterocycles. The topological polar surface area (TPSA) is 112 Å². The third kappa shape index (κ3) is 6.86. The van der Waals surface area contributed by atoms with E-state index in [1.165, 1.54) is 4.90 Å². The molecule has 1 saturated heterocycles. The van der Waals surface area contributed by atoms with Crippen LogP contribution in [0, 0.1) is 5.92 Å². The number of aliphatic hydroxyl groups is 1. The van der Waals surface area contributed by atoms with Crippen molar-refractivity contribution in [2.24, 2.45) is 5.92 Å². The van der Waals surface area contributed by atoms with Crippen molar-refractivity contribution in [2.75, 3.05) is 26.8 Å². The predicted octanol–water partition coefficient (Wildman–Crippen LogP) is 4.88. The van der Waals surface area contributed by atoms with Gasteiger partial charge in [0.2, 0.25) is 11.8 Å². The Labute approximate surface area is 250 Å². The fourth-order valence-corrected chi connectivity index (χ4v) is 5.69. The van der Waals surface area contributed by atoms with Crippen molar-refractivity contribution in [1.82, 2.24) is 14.8 Å². The fourth-order valence-electron chi connectivity index (χ4n) is 5.51. The lowest BCUT2D eigenvalue weighted by Gasteiger charge is -2.45. The molecule has 1 aliphatic carbocycles. The molecule has 222 valence electrons. The molecular formula is C32H36ClN3O6. The molecule has 9 nitrogen and oxygen atoms in total. The lowest BCUT2D eigenvalue weighted by molar-refractivity contribution is -0.154. The molecule has 42 heavy (non-hydrogen) atoms. The number of methoxy groups -OCH3 is 1. The zero-order valence-electron chi connectivity index (χ0n) is 23.6. The first-order valence-electron chi connectivity index (χ1n) is 14.2. The number of aromatic nitrogens is 1. The molecule has 2 N–H and O–H groups in total. The first-order valence-corrected chi connectivity index (χ1v) is 14.6. The number of carbonyl (C=O) groups excluding carboxylic acids is 1. The third-order valence-electron chi connectivity index (χ3n) is 8.09. The highest BCUT2D eigenvalue weighted by molar-refractivity contribution is 6.31. The maximum atomic E-state index is 14.3. The van der Waals surface area contributed by atoms with Crippen LogP contribution in [-0.4, -0.2) is 69.8 Å². The van der Waals surface area contributed by atoms with Crippen molar-refractivity contribution in [3.05, 3.63) is 94.1 Å². The van der Waals surface area contributed by atoms with Crippen LogP contribution < -0.4 is 4.74 Å². The summed E-state index contributed by atoms with van der Waals surface area (Å²) < 4.78 is 11.1. The van der Waals surface area contributed by atoms with Gasteiger partial charge < -0.3 is 29.5 Å². The Kier molecular flexibility index (Phi) is 9.30. The quantitative estimate of drug-likeness (QED) is 0.326. The van der Waals surface area contributed by atoms with Crippen molar-refractivity contribution in [2.45, 2.75) is 50.5 Å². The summed E-state index contributed by atoms with van der Waals surface area (Å²) in [5.74, 6) is -1.01. The van der Waals surface area contributed by atoms with Crippen LogP contribution in [0.2, 0.25) is 5.02 Å². The number of likely N-dealkylation sites (tertiary alicyclic amines) is 1. The Hall–Kier alpha value is -3.66. The lowest BCUT2D eigenvalue weighted by atomic mass is 9.75. The number of piperidine rings is 1. The normalized spacial score (nSPS) is 20.3. The molecular weight excluding hydrogens is 558 g/mol. The Morgan fingerprint density at radius 2 is 1.90 bits per heavy atom. The van der Waals surface area contributed by atoms with Crippen molar-refractivity contribution >= 4 is 23.6 Å². The molecule has 2 aromatic carbocycles. The molecule has 2 heterocycles. The van der Waals surface area contributed by atoms with Crippen molar-refractivity contribution < 1.29 is 29.3 Å². The zero-order chi connectivity index (χ0) is 29.7. The first-order chi connectivity index (χ1) is 20.3. The van der Waals surface area contributed by atoms with Gasteiger partial charge in [0.1, 0.15) is 12.2 Å². The molecule has 0 bridgehead atoms. The van der Waals surface area contributed by atoms with Gasteiger partial charge in [-0.15, -0.1) is 0 Å². The molecule has 10 heteroatoms. The molecule has 0 spiro atoms. The number of pyridine rings is 1. The van der Waals surface area contributed by atoms with Crippen LogP contribution >= 0.6 is 11.6 Å². The number of rotatable bonds is 11. The van der Waals surface area contributed by atoms with Gasteiger partial charge in [-0.05, 0) is 60.1 Å². The van der Waals surface area contributed by atoms with Crippen LogP contribution in [0.15, 0.2) is 66.9 Å². The second-order valence-electron chi connectivity index (χ2n) is 11.0. The Balaban J connectivity index is 1.42. The number of carboxylic acid groups (broad SMARTS) is 1. The van der Waals surface area contributed by atoms with Gasteiger partial charge in [0.05, 0.1) is 12.5 Å². The molecule has 0 unspecified atom stereocenters. The average molecular weight is 594 g/mol. The minimum absolute atomic E-state index is 0.00265. The minimum atomic E-state index is -1.62. The molecule has 2 atom stereocenters. The fraction of sp³-hybridized carbons (Fsp3) is 0.406. The summed E-state index contributed by atoms with van der Waals surface area (Å²) in [6.45, 7) is 1.09. The molecule has 0 radical (unpaired) electrons. The third-order valence-corrected chi connectivity index (χ3v) is 8.46. The van der Waals surface area contributed by atoms with Crippen LogP contribution in [0.4, 0.5) is 4.79 Å². The van der Waals surface area contributed by atoms with Gasteiger partial charge in [-0.1, -0.05) is 54.1 Å². The monoisotopic (exact) mass is 593 g/mol. The summed E-state index contributed by atoms with van der Waals surface area (Å²) in [7, 11) is 1.65. The molecule has 2 aliphatic rings. The largest absolute Gasteiger partial charge is 0.473 e. The molecule has 3 aromatic rings. The van der Waals surface area contributed by atoms with Crippen LogP contribution in [-0.2, 0) is 34.7 Å². The standard InChI is InChI=1S/C32H36ClN3O6/c1-41-16-12-22-7-10-28(33)24(17-22)19-36(26-8-9-26)30(37)27-20-35(31(38)39)15-13-32(27,40)25-11-14-34-29(18-25)42-21-23-5-3-2-4-6-23/h2-7,10-11,14,17-18,26-27,40H,8-9,12-13,15-16,19-21H2,1H3,(H,38,39)/t27-,32-/m1/s1. The number of benzene rings is 2. The SMILES string of the molecule is COCCc1ccc(Cl)c(CN(C(=O)[C@H]2CN(C(=O)O)CC[C@@]2(O)c2ccnc(OCc3ccccc3)c2)C2CC2)c1. The molecule has 1 saturated carbocycles. The molecule has 2 fully saturated rings. The van der Waals surface area contributed by atoms with Gasteiger partial charge in [-0.25, -0.2) is 9.78 Å². The van der Waals surface area contributed by atoms with E-state index < -0.39 is 17.6 Å². The van der Waals surface area contributed by atoms with Gasteiger partial charge in [-0.3, -0.25) is 4.79 Å². The summed E-state index contributed by atoms with van der Waals surface area (Å²) in [5.41, 5.74) is 1.68. The van der Waals surface area contributed by atoms with E-state index in [1.807, 2.05) is 48.5 Å². The van der Waals surface area contributed by atoms with E-state index in [2.05, 4.69) is 4.98 Å². The number of halogens is 1. The van der Waals surface area contributed by atoms with E-state index in [9.17, 15) is 19.8 Å². The Bertz CT molecular complexity index is 1400. The van der Waals surface area contributed by atoms with Gasteiger partial charge in [0, 0.05) is 50.1 Å². The number of hydrogen-bond donors (Lipinski definition) is 2. The number of carbonyl (C=O) groups is 2. The molecule has 1 aliphatic heterocycles. The van der Waals surface area contributed by atoms with E-state index in [1.54, 1.807) is 30.3 Å². The summed E-state index contributed by atoms with van der Waals surface area (Å²) >= 11 is 6.57. The highest BCUT2D eigenvalue weighted by Gasteiger charge is 2.51. The van der Waals surface area contributed by atoms with Crippen LogP contribution in [0.5, 0.6) is 5.88 Å². The van der Waals surface area contributed by atoms with Crippen LogP contribution in [0.1, 0.15) is 41.5 Å². The molecule has 5 rings (SSSR count). The van der Waals surface area contributed by atoms with Gasteiger partial charge >= 0.3 is 6.09 Å². The van der Waals surface area contributed by atoms with E-state index in [4.69, 9.17) is 21.1 Å². The van der Waals surface area contributed by atoms with E-state index >= 15 is 0 Å². The number of hydrogen-bond acceptors (Lipinski definition) is 6.